The molecule has 0 aliphatic rings. The number of hydrogen-bond acceptors (Lipinski definition) is 4. The average molecular weight is 451 g/mol. The summed E-state index contributed by atoms with van der Waals surface area (Å²) in [5.41, 5.74) is 1.79. The topological polar surface area (TPSA) is 75.7 Å². The third kappa shape index (κ3) is 8.96. The van der Waals surface area contributed by atoms with Crippen LogP contribution < -0.4 is 14.4 Å². The molecule has 0 radical (unpaired) electrons. The molecule has 0 aliphatic carbocycles. The van der Waals surface area contributed by atoms with Crippen LogP contribution in [-0.4, -0.2) is 40.3 Å². The van der Waals surface area contributed by atoms with Gasteiger partial charge in [-0.15, -0.1) is 0 Å². The van der Waals surface area contributed by atoms with Gasteiger partial charge in [-0.3, -0.25) is 9.10 Å². The molecule has 6 nitrogen and oxygen atoms in total. The van der Waals surface area contributed by atoms with Gasteiger partial charge in [-0.25, -0.2) is 12.8 Å². The number of amides is 1. The van der Waals surface area contributed by atoms with Gasteiger partial charge in [0.2, 0.25) is 15.9 Å². The lowest BCUT2D eigenvalue weighted by atomic mass is 10.1. The second-order valence-corrected chi connectivity index (χ2v) is 9.27. The Hall–Kier alpha value is -2.61. The van der Waals surface area contributed by atoms with Crippen molar-refractivity contribution in [1.82, 2.24) is 5.32 Å². The summed E-state index contributed by atoms with van der Waals surface area (Å²) in [7, 11) is -3.45. The first-order valence-corrected chi connectivity index (χ1v) is 12.4. The van der Waals surface area contributed by atoms with Gasteiger partial charge in [0.05, 0.1) is 18.5 Å². The molecule has 2 aromatic rings. The molecular weight excluding hydrogens is 419 g/mol. The molecule has 31 heavy (non-hydrogen) atoms. The Balaban J connectivity index is 1.76. The van der Waals surface area contributed by atoms with Crippen LogP contribution in [0.2, 0.25) is 0 Å². The van der Waals surface area contributed by atoms with E-state index in [0.29, 0.717) is 24.4 Å². The van der Waals surface area contributed by atoms with Gasteiger partial charge >= 0.3 is 0 Å². The van der Waals surface area contributed by atoms with Gasteiger partial charge in [-0.1, -0.05) is 25.5 Å². The molecule has 0 aromatic heterocycles. The van der Waals surface area contributed by atoms with E-state index in [4.69, 9.17) is 4.74 Å². The molecule has 0 fully saturated rings. The normalized spacial score (nSPS) is 11.2. The molecule has 0 saturated carbocycles. The molecule has 0 unspecified atom stereocenters. The smallest absolute Gasteiger partial charge is 0.232 e. The molecule has 2 rings (SSSR count). The molecule has 8 heteroatoms. The Morgan fingerprint density at radius 1 is 1.06 bits per heavy atom. The summed E-state index contributed by atoms with van der Waals surface area (Å²) in [6.45, 7) is 2.93. The van der Waals surface area contributed by atoms with E-state index < -0.39 is 10.0 Å². The van der Waals surface area contributed by atoms with Crippen molar-refractivity contribution in [2.24, 2.45) is 0 Å². The highest BCUT2D eigenvalue weighted by molar-refractivity contribution is 7.92. The van der Waals surface area contributed by atoms with Crippen LogP contribution in [0.5, 0.6) is 5.75 Å². The van der Waals surface area contributed by atoms with Crippen molar-refractivity contribution in [2.75, 3.05) is 30.3 Å². The van der Waals surface area contributed by atoms with Gasteiger partial charge in [0.1, 0.15) is 18.2 Å². The average Bonchev–Trinajstić information content (AvgIpc) is 2.74. The molecule has 0 atom stereocenters. The summed E-state index contributed by atoms with van der Waals surface area (Å²) in [4.78, 5) is 12.0. The van der Waals surface area contributed by atoms with Crippen LogP contribution in [0.25, 0.3) is 0 Å². The predicted octanol–water partition coefficient (Wildman–Crippen LogP) is 3.91. The standard InChI is InChI=1S/C23H31FN2O4S/c1-3-4-6-19-8-12-21(13-9-19)26(31(2,28)29)17-5-7-23(27)25-16-18-30-22-14-10-20(24)11-15-22/h8-15H,3-7,16-18H2,1-2H3,(H,25,27). The molecule has 0 saturated heterocycles. The van der Waals surface area contributed by atoms with Gasteiger partial charge in [-0.2, -0.15) is 0 Å². The number of anilines is 1. The van der Waals surface area contributed by atoms with Gasteiger partial charge in [0.15, 0.2) is 0 Å². The van der Waals surface area contributed by atoms with E-state index in [0.717, 1.165) is 19.3 Å². The molecule has 170 valence electrons. The monoisotopic (exact) mass is 450 g/mol. The maximum atomic E-state index is 12.8. The molecule has 1 amide bonds. The van der Waals surface area contributed by atoms with E-state index in [9.17, 15) is 17.6 Å². The first-order chi connectivity index (χ1) is 14.8. The number of carbonyl (C=O) groups is 1. The van der Waals surface area contributed by atoms with E-state index in [1.807, 2.05) is 24.3 Å². The minimum absolute atomic E-state index is 0.175. The highest BCUT2D eigenvalue weighted by atomic mass is 32.2. The maximum Gasteiger partial charge on any atom is 0.232 e. The first-order valence-electron chi connectivity index (χ1n) is 10.5. The fourth-order valence-corrected chi connectivity index (χ4v) is 4.02. The first kappa shape index (κ1) is 24.7. The van der Waals surface area contributed by atoms with Crippen molar-refractivity contribution < 1.29 is 22.3 Å². The Labute approximate surface area is 184 Å². The van der Waals surface area contributed by atoms with E-state index >= 15 is 0 Å². The van der Waals surface area contributed by atoms with Gasteiger partial charge in [0, 0.05) is 13.0 Å². The van der Waals surface area contributed by atoms with E-state index in [2.05, 4.69) is 12.2 Å². The highest BCUT2D eigenvalue weighted by Crippen LogP contribution is 2.20. The molecular formula is C23H31FN2O4S. The van der Waals surface area contributed by atoms with Crippen molar-refractivity contribution in [2.45, 2.75) is 39.0 Å². The summed E-state index contributed by atoms with van der Waals surface area (Å²) >= 11 is 0. The number of benzene rings is 2. The molecule has 0 heterocycles. The number of rotatable bonds is 13. The summed E-state index contributed by atoms with van der Waals surface area (Å²) < 4.78 is 44.0. The number of nitrogens with zero attached hydrogens (tertiary/aromatic N) is 1. The second kappa shape index (κ2) is 12.3. The van der Waals surface area contributed by atoms with E-state index in [-0.39, 0.29) is 31.3 Å². The maximum absolute atomic E-state index is 12.8. The summed E-state index contributed by atoms with van der Waals surface area (Å²) in [6, 6.07) is 13.2. The Morgan fingerprint density at radius 2 is 1.74 bits per heavy atom. The minimum Gasteiger partial charge on any atom is -0.492 e. The Kier molecular flexibility index (Phi) is 9.78. The molecule has 0 bridgehead atoms. The minimum atomic E-state index is -3.45. The summed E-state index contributed by atoms with van der Waals surface area (Å²) in [5, 5.41) is 2.74. The number of nitrogens with one attached hydrogen (secondary N) is 1. The highest BCUT2D eigenvalue weighted by Gasteiger charge is 2.17. The van der Waals surface area contributed by atoms with Crippen LogP contribution >= 0.6 is 0 Å². The predicted molar refractivity (Wildman–Crippen MR) is 121 cm³/mol. The lowest BCUT2D eigenvalue weighted by molar-refractivity contribution is -0.121. The summed E-state index contributed by atoms with van der Waals surface area (Å²) in [6.07, 6.45) is 4.95. The third-order valence-corrected chi connectivity index (χ3v) is 5.91. The van der Waals surface area contributed by atoms with Crippen molar-refractivity contribution in [1.29, 1.82) is 0 Å². The number of hydrogen-bond donors (Lipinski definition) is 1. The van der Waals surface area contributed by atoms with Crippen LogP contribution in [0.15, 0.2) is 48.5 Å². The number of ether oxygens (including phenoxy) is 1. The fourth-order valence-electron chi connectivity index (χ4n) is 3.06. The van der Waals surface area contributed by atoms with Crippen molar-refractivity contribution in [3.05, 3.63) is 59.9 Å². The van der Waals surface area contributed by atoms with Crippen LogP contribution in [-0.2, 0) is 21.2 Å². The van der Waals surface area contributed by atoms with E-state index in [1.54, 1.807) is 0 Å². The lowest BCUT2D eigenvalue weighted by Gasteiger charge is -2.22. The molecule has 2 aromatic carbocycles. The second-order valence-electron chi connectivity index (χ2n) is 7.36. The summed E-state index contributed by atoms with van der Waals surface area (Å²) in [5.74, 6) is 0.0162. The molecule has 1 N–H and O–H groups in total. The van der Waals surface area contributed by atoms with Gasteiger partial charge in [-0.05, 0) is 61.2 Å². The van der Waals surface area contributed by atoms with Crippen LogP contribution in [0.3, 0.4) is 0 Å². The molecule has 0 spiro atoms. The quantitative estimate of drug-likeness (QED) is 0.470. The Bertz CT molecular complexity index is 916. The van der Waals surface area contributed by atoms with Crippen LogP contribution in [0, 0.1) is 5.82 Å². The number of carbonyl (C=O) groups excluding carboxylic acids is 1. The van der Waals surface area contributed by atoms with Crippen LogP contribution in [0.1, 0.15) is 38.2 Å². The zero-order chi connectivity index (χ0) is 22.7. The number of sulfonamides is 1. The van der Waals surface area contributed by atoms with Crippen molar-refractivity contribution in [3.8, 4) is 5.75 Å². The van der Waals surface area contributed by atoms with Crippen molar-refractivity contribution >= 4 is 21.6 Å². The number of unbranched alkanes of at least 4 members (excludes halogenated alkanes) is 1. The fraction of sp³-hybridized carbons (Fsp3) is 0.435. The Morgan fingerprint density at radius 3 is 2.35 bits per heavy atom. The SMILES string of the molecule is CCCCc1ccc(N(CCCC(=O)NCCOc2ccc(F)cc2)S(C)(=O)=O)cc1. The van der Waals surface area contributed by atoms with Gasteiger partial charge in [0.25, 0.3) is 0 Å². The third-order valence-electron chi connectivity index (χ3n) is 4.72. The number of halogens is 1. The van der Waals surface area contributed by atoms with Crippen molar-refractivity contribution in [3.63, 3.8) is 0 Å². The number of aryl methyl sites for hydroxylation is 1. The van der Waals surface area contributed by atoms with Crippen LogP contribution in [0.4, 0.5) is 10.1 Å². The lowest BCUT2D eigenvalue weighted by Crippen LogP contribution is -2.32. The zero-order valence-corrected chi connectivity index (χ0v) is 19.0. The van der Waals surface area contributed by atoms with Gasteiger partial charge < -0.3 is 10.1 Å². The molecule has 0 aliphatic heterocycles. The largest absolute Gasteiger partial charge is 0.492 e. The zero-order valence-electron chi connectivity index (χ0n) is 18.1. The van der Waals surface area contributed by atoms with E-state index in [1.165, 1.54) is 40.4 Å².